The highest BCUT2D eigenvalue weighted by molar-refractivity contribution is 5.79. The fourth-order valence-corrected chi connectivity index (χ4v) is 2.48. The lowest BCUT2D eigenvalue weighted by Gasteiger charge is -2.19. The molecule has 22 heavy (non-hydrogen) atoms. The number of rotatable bonds is 6. The molecule has 1 unspecified atom stereocenters. The molecule has 0 aliphatic rings. The number of carbonyl (C=O) groups is 1. The quantitative estimate of drug-likeness (QED) is 0.702. The molecule has 0 amide bonds. The minimum absolute atomic E-state index is 0.0338. The Morgan fingerprint density at radius 1 is 1.14 bits per heavy atom. The second kappa shape index (κ2) is 6.80. The third-order valence-corrected chi connectivity index (χ3v) is 3.59. The fourth-order valence-electron chi connectivity index (χ4n) is 2.48. The van der Waals surface area contributed by atoms with Crippen molar-refractivity contribution in [1.29, 1.82) is 0 Å². The molecule has 4 heteroatoms. The molecule has 2 aromatic heterocycles. The van der Waals surface area contributed by atoms with Gasteiger partial charge in [-0.05, 0) is 36.2 Å². The number of nitrogens with one attached hydrogen (secondary N) is 1. The molecule has 4 nitrogen and oxygen atoms in total. The van der Waals surface area contributed by atoms with Crippen LogP contribution >= 0.6 is 0 Å². The predicted molar refractivity (Wildman–Crippen MR) is 87.6 cm³/mol. The van der Waals surface area contributed by atoms with Crippen molar-refractivity contribution < 1.29 is 4.79 Å². The molecule has 1 N–H and O–H groups in total. The number of benzene rings is 1. The van der Waals surface area contributed by atoms with E-state index in [-0.39, 0.29) is 6.04 Å². The molecule has 2 heterocycles. The fraction of sp³-hybridized carbons (Fsp3) is 0.167. The summed E-state index contributed by atoms with van der Waals surface area (Å²) in [5.74, 6) is 0. The maximum absolute atomic E-state index is 10.7. The van der Waals surface area contributed by atoms with E-state index in [4.69, 9.17) is 0 Å². The van der Waals surface area contributed by atoms with Gasteiger partial charge in [0.15, 0.2) is 0 Å². The lowest BCUT2D eigenvalue weighted by Crippen LogP contribution is -2.11. The molecular weight excluding hydrogens is 274 g/mol. The summed E-state index contributed by atoms with van der Waals surface area (Å²) < 4.78 is 0. The average Bonchev–Trinajstić information content (AvgIpc) is 2.59. The highest BCUT2D eigenvalue weighted by Crippen LogP contribution is 2.25. The Morgan fingerprint density at radius 2 is 2.05 bits per heavy atom. The SMILES string of the molecule is O=CCCC(Nc1cccnc1)c1cnc2ccccc2c1. The largest absolute Gasteiger partial charge is 0.377 e. The van der Waals surface area contributed by atoms with Gasteiger partial charge in [0, 0.05) is 30.4 Å². The number of fused-ring (bicyclic) bond motifs is 1. The highest BCUT2D eigenvalue weighted by Gasteiger charge is 2.12. The predicted octanol–water partition coefficient (Wildman–Crippen LogP) is 3.76. The van der Waals surface area contributed by atoms with Crippen LogP contribution in [0.5, 0.6) is 0 Å². The third kappa shape index (κ3) is 3.28. The zero-order valence-electron chi connectivity index (χ0n) is 12.1. The van der Waals surface area contributed by atoms with Crippen molar-refractivity contribution in [2.75, 3.05) is 5.32 Å². The van der Waals surface area contributed by atoms with Gasteiger partial charge in [0.25, 0.3) is 0 Å². The van der Waals surface area contributed by atoms with Crippen LogP contribution in [0.4, 0.5) is 5.69 Å². The van der Waals surface area contributed by atoms with Crippen molar-refractivity contribution in [2.45, 2.75) is 18.9 Å². The van der Waals surface area contributed by atoms with Gasteiger partial charge in [0.05, 0.1) is 17.2 Å². The molecule has 0 radical (unpaired) electrons. The molecule has 0 saturated heterocycles. The van der Waals surface area contributed by atoms with Gasteiger partial charge >= 0.3 is 0 Å². The summed E-state index contributed by atoms with van der Waals surface area (Å²) in [5.41, 5.74) is 2.98. The first-order valence-corrected chi connectivity index (χ1v) is 7.32. The third-order valence-electron chi connectivity index (χ3n) is 3.59. The van der Waals surface area contributed by atoms with Crippen LogP contribution in [-0.2, 0) is 4.79 Å². The summed E-state index contributed by atoms with van der Waals surface area (Å²) in [6.45, 7) is 0. The van der Waals surface area contributed by atoms with E-state index in [0.717, 1.165) is 34.9 Å². The Morgan fingerprint density at radius 3 is 2.86 bits per heavy atom. The van der Waals surface area contributed by atoms with Crippen molar-refractivity contribution >= 4 is 22.9 Å². The maximum Gasteiger partial charge on any atom is 0.120 e. The molecule has 3 aromatic rings. The smallest absolute Gasteiger partial charge is 0.120 e. The Kier molecular flexibility index (Phi) is 4.39. The molecule has 0 saturated carbocycles. The van der Waals surface area contributed by atoms with E-state index in [1.54, 1.807) is 12.4 Å². The Hall–Kier alpha value is -2.75. The Labute approximate surface area is 129 Å². The van der Waals surface area contributed by atoms with Crippen molar-refractivity contribution in [3.8, 4) is 0 Å². The molecule has 0 fully saturated rings. The number of pyridine rings is 2. The minimum Gasteiger partial charge on any atom is -0.377 e. The van der Waals surface area contributed by atoms with Gasteiger partial charge in [0.2, 0.25) is 0 Å². The van der Waals surface area contributed by atoms with Gasteiger partial charge in [-0.1, -0.05) is 18.2 Å². The topological polar surface area (TPSA) is 54.9 Å². The van der Waals surface area contributed by atoms with Gasteiger partial charge in [0.1, 0.15) is 6.29 Å². The van der Waals surface area contributed by atoms with Gasteiger partial charge in [-0.2, -0.15) is 0 Å². The Bertz CT molecular complexity index is 758. The zero-order chi connectivity index (χ0) is 15.2. The van der Waals surface area contributed by atoms with Crippen LogP contribution in [0.15, 0.2) is 61.1 Å². The van der Waals surface area contributed by atoms with E-state index in [0.29, 0.717) is 6.42 Å². The zero-order valence-corrected chi connectivity index (χ0v) is 12.1. The van der Waals surface area contributed by atoms with E-state index >= 15 is 0 Å². The van der Waals surface area contributed by atoms with Crippen LogP contribution in [0.25, 0.3) is 10.9 Å². The number of para-hydroxylation sites is 1. The van der Waals surface area contributed by atoms with Crippen molar-refractivity contribution in [3.63, 3.8) is 0 Å². The number of aromatic nitrogens is 2. The van der Waals surface area contributed by atoms with Crippen LogP contribution < -0.4 is 5.32 Å². The summed E-state index contributed by atoms with van der Waals surface area (Å²) in [4.78, 5) is 19.4. The summed E-state index contributed by atoms with van der Waals surface area (Å²) in [6, 6.07) is 14.0. The summed E-state index contributed by atoms with van der Waals surface area (Å²) in [6.07, 6.45) is 7.57. The van der Waals surface area contributed by atoms with Crippen molar-refractivity contribution in [2.24, 2.45) is 0 Å². The molecule has 0 aliphatic carbocycles. The maximum atomic E-state index is 10.7. The van der Waals surface area contributed by atoms with Crippen molar-refractivity contribution in [3.05, 3.63) is 66.6 Å². The minimum atomic E-state index is 0.0338. The first kappa shape index (κ1) is 14.2. The monoisotopic (exact) mass is 291 g/mol. The number of carbonyl (C=O) groups excluding carboxylic acids is 1. The first-order valence-electron chi connectivity index (χ1n) is 7.32. The van der Waals surface area contributed by atoms with E-state index in [1.165, 1.54) is 0 Å². The van der Waals surface area contributed by atoms with E-state index in [1.807, 2.05) is 42.6 Å². The van der Waals surface area contributed by atoms with Crippen LogP contribution in [0.3, 0.4) is 0 Å². The summed E-state index contributed by atoms with van der Waals surface area (Å²) >= 11 is 0. The molecule has 0 bridgehead atoms. The standard InChI is InChI=1S/C18H17N3O/c22-10-4-8-18(21-16-6-3-9-19-13-16)15-11-14-5-1-2-7-17(14)20-12-15/h1-3,5-7,9-13,18,21H,4,8H2. The normalized spacial score (nSPS) is 12.0. The lowest BCUT2D eigenvalue weighted by molar-refractivity contribution is -0.108. The molecule has 0 spiro atoms. The summed E-state index contributed by atoms with van der Waals surface area (Å²) in [7, 11) is 0. The molecule has 0 aliphatic heterocycles. The second-order valence-electron chi connectivity index (χ2n) is 5.14. The van der Waals surface area contributed by atoms with Crippen LogP contribution in [0.2, 0.25) is 0 Å². The van der Waals surface area contributed by atoms with Gasteiger partial charge < -0.3 is 10.1 Å². The van der Waals surface area contributed by atoms with Crippen molar-refractivity contribution in [1.82, 2.24) is 9.97 Å². The van der Waals surface area contributed by atoms with Gasteiger partial charge in [-0.25, -0.2) is 0 Å². The second-order valence-corrected chi connectivity index (χ2v) is 5.14. The number of hydrogen-bond donors (Lipinski definition) is 1. The van der Waals surface area contributed by atoms with E-state index < -0.39 is 0 Å². The highest BCUT2D eigenvalue weighted by atomic mass is 16.1. The molecule has 110 valence electrons. The van der Waals surface area contributed by atoms with Crippen LogP contribution in [-0.4, -0.2) is 16.3 Å². The van der Waals surface area contributed by atoms with Crippen LogP contribution in [0.1, 0.15) is 24.4 Å². The first-order chi connectivity index (χ1) is 10.9. The van der Waals surface area contributed by atoms with Gasteiger partial charge in [-0.3, -0.25) is 9.97 Å². The van der Waals surface area contributed by atoms with Crippen LogP contribution in [0, 0.1) is 0 Å². The molecular formula is C18H17N3O. The Balaban J connectivity index is 1.90. The molecule has 1 aromatic carbocycles. The number of aldehydes is 1. The van der Waals surface area contributed by atoms with E-state index in [9.17, 15) is 4.79 Å². The van der Waals surface area contributed by atoms with E-state index in [2.05, 4.69) is 21.4 Å². The number of hydrogen-bond acceptors (Lipinski definition) is 4. The number of nitrogens with zero attached hydrogens (tertiary/aromatic N) is 2. The lowest BCUT2D eigenvalue weighted by atomic mass is 10.0. The summed E-state index contributed by atoms with van der Waals surface area (Å²) in [5, 5.41) is 4.53. The van der Waals surface area contributed by atoms with Gasteiger partial charge in [-0.15, -0.1) is 0 Å². The number of anilines is 1. The molecule has 3 rings (SSSR count). The average molecular weight is 291 g/mol. The molecule has 1 atom stereocenters.